The average molecular weight is 474 g/mol. The number of nitrogens with two attached hydrogens (primary N) is 1. The van der Waals surface area contributed by atoms with E-state index >= 15 is 0 Å². The summed E-state index contributed by atoms with van der Waals surface area (Å²) < 4.78 is 10.4. The molecular weight excluding hydrogens is 442 g/mol. The molecule has 4 rings (SSSR count). The summed E-state index contributed by atoms with van der Waals surface area (Å²) >= 11 is 0. The number of anilines is 1. The highest BCUT2D eigenvalue weighted by Gasteiger charge is 2.17. The van der Waals surface area contributed by atoms with Crippen LogP contribution in [0.1, 0.15) is 55.2 Å². The molecule has 2 heterocycles. The van der Waals surface area contributed by atoms with Gasteiger partial charge in [0.2, 0.25) is 0 Å². The fourth-order valence-electron chi connectivity index (χ4n) is 4.49. The molecule has 0 amide bonds. The van der Waals surface area contributed by atoms with Crippen molar-refractivity contribution in [3.63, 3.8) is 0 Å². The van der Waals surface area contributed by atoms with E-state index in [1.54, 1.807) is 7.11 Å². The fourth-order valence-corrected chi connectivity index (χ4v) is 4.49. The van der Waals surface area contributed by atoms with Gasteiger partial charge in [-0.2, -0.15) is 0 Å². The van der Waals surface area contributed by atoms with Crippen LogP contribution in [0.2, 0.25) is 0 Å². The first-order valence-electron chi connectivity index (χ1n) is 11.8. The number of hydrogen-bond acceptors (Lipinski definition) is 6. The Morgan fingerprint density at radius 3 is 2.54 bits per heavy atom. The second kappa shape index (κ2) is 10.7. The van der Waals surface area contributed by atoms with Gasteiger partial charge in [0.05, 0.1) is 11.9 Å². The van der Waals surface area contributed by atoms with E-state index < -0.39 is 5.97 Å². The van der Waals surface area contributed by atoms with Crippen LogP contribution < -0.4 is 10.5 Å². The standard InChI is InChI=1S/C28H31N3O4/c1-4-19(14-26(32)33)20-7-10-23-24-12-21(15-30-27(24)28(29)31-25(23)13-20)17(2)11-18-5-8-22(9-6-18)35-16-34-3/h5-10,12-13,15,17,19H,4,11,14,16H2,1-3H3,(H2,29,31)(H,32,33). The molecule has 0 aliphatic carbocycles. The molecule has 2 aromatic carbocycles. The van der Waals surface area contributed by atoms with Crippen molar-refractivity contribution in [3.8, 4) is 5.75 Å². The quantitative estimate of drug-likeness (QED) is 0.226. The molecule has 7 heteroatoms. The van der Waals surface area contributed by atoms with E-state index in [4.69, 9.17) is 15.2 Å². The van der Waals surface area contributed by atoms with Gasteiger partial charge in [-0.25, -0.2) is 4.98 Å². The summed E-state index contributed by atoms with van der Waals surface area (Å²) in [6, 6.07) is 16.2. The van der Waals surface area contributed by atoms with Crippen LogP contribution in [0.15, 0.2) is 54.7 Å². The molecule has 35 heavy (non-hydrogen) atoms. The Morgan fingerprint density at radius 2 is 1.86 bits per heavy atom. The summed E-state index contributed by atoms with van der Waals surface area (Å²) in [6.45, 7) is 4.41. The maximum atomic E-state index is 11.3. The minimum absolute atomic E-state index is 0.0635. The van der Waals surface area contributed by atoms with Gasteiger partial charge < -0.3 is 20.3 Å². The molecule has 0 saturated heterocycles. The molecule has 3 N–H and O–H groups in total. The number of fused-ring (bicyclic) bond motifs is 3. The minimum atomic E-state index is -0.803. The van der Waals surface area contributed by atoms with Crippen molar-refractivity contribution in [1.82, 2.24) is 9.97 Å². The van der Waals surface area contributed by atoms with E-state index in [0.717, 1.165) is 46.0 Å². The predicted molar refractivity (Wildman–Crippen MR) is 138 cm³/mol. The van der Waals surface area contributed by atoms with Gasteiger partial charge in [0.15, 0.2) is 12.6 Å². The molecule has 2 aromatic heterocycles. The summed E-state index contributed by atoms with van der Waals surface area (Å²) in [5.74, 6) is 0.524. The van der Waals surface area contributed by atoms with Gasteiger partial charge in [0.25, 0.3) is 0 Å². The number of nitrogen functional groups attached to an aromatic ring is 1. The smallest absolute Gasteiger partial charge is 0.303 e. The maximum absolute atomic E-state index is 11.3. The van der Waals surface area contributed by atoms with Crippen molar-refractivity contribution in [2.45, 2.75) is 44.9 Å². The monoisotopic (exact) mass is 473 g/mol. The Bertz CT molecular complexity index is 1340. The van der Waals surface area contributed by atoms with Gasteiger partial charge >= 0.3 is 5.97 Å². The molecule has 0 saturated carbocycles. The van der Waals surface area contributed by atoms with Crippen molar-refractivity contribution in [2.75, 3.05) is 19.6 Å². The Kier molecular flexibility index (Phi) is 7.46. The Balaban J connectivity index is 1.64. The van der Waals surface area contributed by atoms with E-state index in [0.29, 0.717) is 11.3 Å². The number of methoxy groups -OCH3 is 1. The molecule has 0 radical (unpaired) electrons. The summed E-state index contributed by atoms with van der Waals surface area (Å²) in [4.78, 5) is 20.5. The number of carboxylic acid groups (broad SMARTS) is 1. The SMILES string of the molecule is CCC(CC(=O)O)c1ccc2c(c1)nc(N)c1ncc(C(C)Cc3ccc(OCOC)cc3)cc12. The number of pyridine rings is 2. The summed E-state index contributed by atoms with van der Waals surface area (Å²) in [5, 5.41) is 11.2. The van der Waals surface area contributed by atoms with E-state index in [9.17, 15) is 9.90 Å². The molecule has 0 bridgehead atoms. The normalized spacial score (nSPS) is 13.1. The van der Waals surface area contributed by atoms with Gasteiger partial charge in [-0.3, -0.25) is 9.78 Å². The lowest BCUT2D eigenvalue weighted by Crippen LogP contribution is -2.06. The van der Waals surface area contributed by atoms with Gasteiger partial charge in [0, 0.05) is 24.1 Å². The van der Waals surface area contributed by atoms with Crippen molar-refractivity contribution in [3.05, 3.63) is 71.4 Å². The van der Waals surface area contributed by atoms with E-state index in [1.807, 2.05) is 43.5 Å². The van der Waals surface area contributed by atoms with Crippen LogP contribution >= 0.6 is 0 Å². The van der Waals surface area contributed by atoms with Crippen molar-refractivity contribution < 1.29 is 19.4 Å². The number of carbonyl (C=O) groups is 1. The first-order valence-corrected chi connectivity index (χ1v) is 11.8. The number of rotatable bonds is 10. The number of aliphatic carboxylic acids is 1. The fraction of sp³-hybridized carbons (Fsp3) is 0.321. The molecule has 4 aromatic rings. The van der Waals surface area contributed by atoms with Crippen molar-refractivity contribution in [2.24, 2.45) is 0 Å². The summed E-state index contributed by atoms with van der Waals surface area (Å²) in [5.41, 5.74) is 11.0. The van der Waals surface area contributed by atoms with Crippen LogP contribution in [0.25, 0.3) is 21.8 Å². The number of benzene rings is 2. The van der Waals surface area contributed by atoms with Gasteiger partial charge in [0.1, 0.15) is 11.3 Å². The van der Waals surface area contributed by atoms with E-state index in [2.05, 4.69) is 35.1 Å². The molecule has 0 aliphatic rings. The summed E-state index contributed by atoms with van der Waals surface area (Å²) in [6.07, 6.45) is 3.56. The van der Waals surface area contributed by atoms with Crippen LogP contribution in [0.5, 0.6) is 5.75 Å². The molecule has 182 valence electrons. The van der Waals surface area contributed by atoms with Gasteiger partial charge in [-0.05, 0) is 65.6 Å². The predicted octanol–water partition coefficient (Wildman–Crippen LogP) is 5.66. The van der Waals surface area contributed by atoms with Crippen LogP contribution in [0.4, 0.5) is 5.82 Å². The third kappa shape index (κ3) is 5.52. The van der Waals surface area contributed by atoms with Crippen LogP contribution in [0.3, 0.4) is 0 Å². The lowest BCUT2D eigenvalue weighted by Gasteiger charge is -2.16. The minimum Gasteiger partial charge on any atom is -0.481 e. The lowest BCUT2D eigenvalue weighted by atomic mass is 9.91. The molecular formula is C28H31N3O4. The number of hydrogen-bond donors (Lipinski definition) is 2. The zero-order valence-corrected chi connectivity index (χ0v) is 20.3. The first-order chi connectivity index (χ1) is 16.9. The van der Waals surface area contributed by atoms with Gasteiger partial charge in [-0.15, -0.1) is 0 Å². The number of nitrogens with zero attached hydrogens (tertiary/aromatic N) is 2. The highest BCUT2D eigenvalue weighted by Crippen LogP contribution is 2.33. The first kappa shape index (κ1) is 24.4. The van der Waals surface area contributed by atoms with Crippen molar-refractivity contribution >= 4 is 33.6 Å². The lowest BCUT2D eigenvalue weighted by molar-refractivity contribution is -0.137. The van der Waals surface area contributed by atoms with Crippen LogP contribution in [0, 0.1) is 0 Å². The molecule has 2 unspecified atom stereocenters. The number of carboxylic acids is 1. The maximum Gasteiger partial charge on any atom is 0.303 e. The van der Waals surface area contributed by atoms with Crippen LogP contribution in [-0.2, 0) is 16.0 Å². The third-order valence-corrected chi connectivity index (χ3v) is 6.47. The highest BCUT2D eigenvalue weighted by atomic mass is 16.7. The second-order valence-corrected chi connectivity index (χ2v) is 8.94. The topological polar surface area (TPSA) is 108 Å². The highest BCUT2D eigenvalue weighted by molar-refractivity contribution is 6.08. The zero-order chi connectivity index (χ0) is 24.9. The van der Waals surface area contributed by atoms with E-state index in [1.165, 1.54) is 5.56 Å². The molecule has 7 nitrogen and oxygen atoms in total. The molecule has 0 aliphatic heterocycles. The Morgan fingerprint density at radius 1 is 1.09 bits per heavy atom. The Hall–Kier alpha value is -3.71. The van der Waals surface area contributed by atoms with Gasteiger partial charge in [-0.1, -0.05) is 38.1 Å². The van der Waals surface area contributed by atoms with Crippen LogP contribution in [-0.4, -0.2) is 34.9 Å². The number of ether oxygens (including phenoxy) is 2. The molecule has 0 fully saturated rings. The number of aromatic nitrogens is 2. The molecule has 2 atom stereocenters. The second-order valence-electron chi connectivity index (χ2n) is 8.94. The Labute approximate surface area is 204 Å². The third-order valence-electron chi connectivity index (χ3n) is 6.47. The van der Waals surface area contributed by atoms with Crippen molar-refractivity contribution in [1.29, 1.82) is 0 Å². The average Bonchev–Trinajstić information content (AvgIpc) is 2.86. The van der Waals surface area contributed by atoms with E-state index in [-0.39, 0.29) is 25.0 Å². The molecule has 0 spiro atoms. The zero-order valence-electron chi connectivity index (χ0n) is 20.3. The largest absolute Gasteiger partial charge is 0.481 e. The summed E-state index contributed by atoms with van der Waals surface area (Å²) in [7, 11) is 1.60.